The van der Waals surface area contributed by atoms with Gasteiger partial charge in [0.15, 0.2) is 0 Å². The van der Waals surface area contributed by atoms with Crippen LogP contribution in [0.15, 0.2) is 6.07 Å². The Hall–Kier alpha value is -0.870. The highest BCUT2D eigenvalue weighted by atomic mass is 16.3. The van der Waals surface area contributed by atoms with E-state index in [1.54, 1.807) is 4.68 Å². The molecule has 3 N–H and O–H groups in total. The van der Waals surface area contributed by atoms with Gasteiger partial charge in [0.2, 0.25) is 0 Å². The molecule has 0 saturated heterocycles. The smallest absolute Gasteiger partial charge is 0.110 e. The highest BCUT2D eigenvalue weighted by Gasteiger charge is 2.09. The second-order valence-electron chi connectivity index (χ2n) is 2.59. The SMILES string of the molecule is Cc1cc(C(O)CN)nn1C. The summed E-state index contributed by atoms with van der Waals surface area (Å²) in [5, 5.41) is 13.3. The Balaban J connectivity index is 2.88. The van der Waals surface area contributed by atoms with Gasteiger partial charge in [0.25, 0.3) is 0 Å². The highest BCUT2D eigenvalue weighted by Crippen LogP contribution is 2.09. The maximum atomic E-state index is 9.27. The summed E-state index contributed by atoms with van der Waals surface area (Å²) in [6.07, 6.45) is -0.630. The van der Waals surface area contributed by atoms with E-state index in [0.717, 1.165) is 5.69 Å². The molecule has 1 heterocycles. The average molecular weight is 155 g/mol. The molecule has 0 saturated carbocycles. The van der Waals surface area contributed by atoms with Crippen molar-refractivity contribution in [2.75, 3.05) is 6.54 Å². The minimum absolute atomic E-state index is 0.219. The molecule has 0 spiro atoms. The van der Waals surface area contributed by atoms with Crippen molar-refractivity contribution in [1.29, 1.82) is 0 Å². The third-order valence-corrected chi connectivity index (χ3v) is 1.70. The number of nitrogens with zero attached hydrogens (tertiary/aromatic N) is 2. The van der Waals surface area contributed by atoms with Crippen LogP contribution in [-0.4, -0.2) is 21.4 Å². The third kappa shape index (κ3) is 1.58. The van der Waals surface area contributed by atoms with Crippen molar-refractivity contribution in [2.45, 2.75) is 13.0 Å². The monoisotopic (exact) mass is 155 g/mol. The van der Waals surface area contributed by atoms with Crippen molar-refractivity contribution in [2.24, 2.45) is 12.8 Å². The van der Waals surface area contributed by atoms with E-state index < -0.39 is 6.10 Å². The molecule has 11 heavy (non-hydrogen) atoms. The maximum Gasteiger partial charge on any atom is 0.110 e. The van der Waals surface area contributed by atoms with Crippen LogP contribution in [-0.2, 0) is 7.05 Å². The first-order valence-corrected chi connectivity index (χ1v) is 3.54. The molecule has 4 nitrogen and oxygen atoms in total. The maximum absolute atomic E-state index is 9.27. The van der Waals surface area contributed by atoms with Gasteiger partial charge in [0.1, 0.15) is 6.10 Å². The van der Waals surface area contributed by atoms with Crippen LogP contribution in [0.3, 0.4) is 0 Å². The molecule has 4 heteroatoms. The van der Waals surface area contributed by atoms with E-state index in [0.29, 0.717) is 5.69 Å². The molecule has 0 amide bonds. The van der Waals surface area contributed by atoms with Crippen molar-refractivity contribution in [1.82, 2.24) is 9.78 Å². The Morgan fingerprint density at radius 3 is 2.82 bits per heavy atom. The zero-order valence-electron chi connectivity index (χ0n) is 6.78. The molecule has 0 bridgehead atoms. The Bertz CT molecular complexity index is 224. The molecule has 0 fully saturated rings. The number of nitrogens with two attached hydrogens (primary N) is 1. The molecule has 1 rings (SSSR count). The molecule has 1 unspecified atom stereocenters. The third-order valence-electron chi connectivity index (χ3n) is 1.70. The van der Waals surface area contributed by atoms with E-state index in [-0.39, 0.29) is 6.54 Å². The molecule has 0 aromatic carbocycles. The summed E-state index contributed by atoms with van der Waals surface area (Å²) >= 11 is 0. The second kappa shape index (κ2) is 3.02. The fourth-order valence-electron chi connectivity index (χ4n) is 0.872. The number of hydrogen-bond acceptors (Lipinski definition) is 3. The lowest BCUT2D eigenvalue weighted by atomic mass is 10.2. The van der Waals surface area contributed by atoms with E-state index in [4.69, 9.17) is 5.73 Å². The number of aliphatic hydroxyl groups excluding tert-OH is 1. The first-order valence-electron chi connectivity index (χ1n) is 3.54. The molecule has 0 radical (unpaired) electrons. The van der Waals surface area contributed by atoms with Crippen molar-refractivity contribution in [3.8, 4) is 0 Å². The predicted molar refractivity (Wildman–Crippen MR) is 42.0 cm³/mol. The summed E-state index contributed by atoms with van der Waals surface area (Å²) in [6.45, 7) is 2.15. The van der Waals surface area contributed by atoms with E-state index >= 15 is 0 Å². The van der Waals surface area contributed by atoms with Crippen LogP contribution in [0, 0.1) is 6.92 Å². The lowest BCUT2D eigenvalue weighted by Gasteiger charge is -2.00. The number of rotatable bonds is 2. The Morgan fingerprint density at radius 2 is 2.45 bits per heavy atom. The van der Waals surface area contributed by atoms with Gasteiger partial charge in [-0.2, -0.15) is 5.10 Å². The van der Waals surface area contributed by atoms with Gasteiger partial charge in [-0.1, -0.05) is 0 Å². The van der Waals surface area contributed by atoms with E-state index in [9.17, 15) is 5.11 Å². The van der Waals surface area contributed by atoms with Crippen LogP contribution in [0.2, 0.25) is 0 Å². The van der Waals surface area contributed by atoms with Gasteiger partial charge >= 0.3 is 0 Å². The molecular weight excluding hydrogens is 142 g/mol. The van der Waals surface area contributed by atoms with Crippen LogP contribution in [0.1, 0.15) is 17.5 Å². The van der Waals surface area contributed by atoms with Crippen molar-refractivity contribution >= 4 is 0 Å². The summed E-state index contributed by atoms with van der Waals surface area (Å²) in [5.74, 6) is 0. The average Bonchev–Trinajstić information content (AvgIpc) is 2.31. The fourth-order valence-corrected chi connectivity index (χ4v) is 0.872. The van der Waals surface area contributed by atoms with Crippen molar-refractivity contribution in [3.05, 3.63) is 17.5 Å². The van der Waals surface area contributed by atoms with Crippen molar-refractivity contribution < 1.29 is 5.11 Å². The molecular formula is C7H13N3O. The minimum atomic E-state index is -0.630. The van der Waals surface area contributed by atoms with Crippen LogP contribution in [0.25, 0.3) is 0 Å². The molecule has 1 aromatic heterocycles. The zero-order chi connectivity index (χ0) is 8.43. The summed E-state index contributed by atoms with van der Waals surface area (Å²) in [5.41, 5.74) is 6.93. The van der Waals surface area contributed by atoms with Crippen LogP contribution < -0.4 is 5.73 Å². The largest absolute Gasteiger partial charge is 0.385 e. The summed E-state index contributed by atoms with van der Waals surface area (Å²) < 4.78 is 1.72. The number of aromatic nitrogens is 2. The van der Waals surface area contributed by atoms with Crippen LogP contribution in [0.4, 0.5) is 0 Å². The summed E-state index contributed by atoms with van der Waals surface area (Å²) in [6, 6.07) is 1.83. The molecule has 62 valence electrons. The van der Waals surface area contributed by atoms with E-state index in [2.05, 4.69) is 5.10 Å². The van der Waals surface area contributed by atoms with Gasteiger partial charge in [0, 0.05) is 19.3 Å². The molecule has 1 aromatic rings. The highest BCUT2D eigenvalue weighted by molar-refractivity contribution is 5.10. The van der Waals surface area contributed by atoms with Gasteiger partial charge in [-0.3, -0.25) is 4.68 Å². The summed E-state index contributed by atoms with van der Waals surface area (Å²) in [7, 11) is 1.84. The predicted octanol–water partition coefficient (Wildman–Crippen LogP) is -0.279. The lowest BCUT2D eigenvalue weighted by molar-refractivity contribution is 0.181. The Kier molecular flexibility index (Phi) is 2.26. The first-order chi connectivity index (χ1) is 5.15. The first kappa shape index (κ1) is 8.23. The minimum Gasteiger partial charge on any atom is -0.385 e. The number of aliphatic hydroxyl groups is 1. The van der Waals surface area contributed by atoms with Crippen LogP contribution in [0.5, 0.6) is 0 Å². The molecule has 1 atom stereocenters. The van der Waals surface area contributed by atoms with Crippen molar-refractivity contribution in [3.63, 3.8) is 0 Å². The molecule has 0 aliphatic rings. The van der Waals surface area contributed by atoms with Crippen LogP contribution >= 0.6 is 0 Å². The van der Waals surface area contributed by atoms with Gasteiger partial charge in [-0.25, -0.2) is 0 Å². The van der Waals surface area contributed by atoms with Gasteiger partial charge in [0.05, 0.1) is 5.69 Å². The zero-order valence-corrected chi connectivity index (χ0v) is 6.78. The molecule has 0 aliphatic heterocycles. The lowest BCUT2D eigenvalue weighted by Crippen LogP contribution is -2.12. The normalized spacial score (nSPS) is 13.5. The fraction of sp³-hybridized carbons (Fsp3) is 0.571. The second-order valence-corrected chi connectivity index (χ2v) is 2.59. The van der Waals surface area contributed by atoms with Gasteiger partial charge in [-0.15, -0.1) is 0 Å². The van der Waals surface area contributed by atoms with Gasteiger partial charge < -0.3 is 10.8 Å². The number of aryl methyl sites for hydroxylation is 2. The Morgan fingerprint density at radius 1 is 1.82 bits per heavy atom. The van der Waals surface area contributed by atoms with E-state index in [1.165, 1.54) is 0 Å². The Labute approximate surface area is 65.6 Å². The standard InChI is InChI=1S/C7H13N3O/c1-5-3-6(7(11)4-8)9-10(5)2/h3,7,11H,4,8H2,1-2H3. The topological polar surface area (TPSA) is 64.1 Å². The summed E-state index contributed by atoms with van der Waals surface area (Å²) in [4.78, 5) is 0. The van der Waals surface area contributed by atoms with Gasteiger partial charge in [-0.05, 0) is 13.0 Å². The number of hydrogen-bond donors (Lipinski definition) is 2. The molecule has 0 aliphatic carbocycles. The van der Waals surface area contributed by atoms with E-state index in [1.807, 2.05) is 20.0 Å². The quantitative estimate of drug-likeness (QED) is 0.617.